The summed E-state index contributed by atoms with van der Waals surface area (Å²) in [5.41, 5.74) is 8.94. The van der Waals surface area contributed by atoms with Gasteiger partial charge in [0.2, 0.25) is 0 Å². The van der Waals surface area contributed by atoms with Crippen molar-refractivity contribution in [3.05, 3.63) is 211 Å². The molecule has 0 saturated heterocycles. The lowest BCUT2D eigenvalue weighted by molar-refractivity contribution is 0.674. The Bertz CT molecular complexity index is 3170. The molecule has 11 rings (SSSR count). The molecule has 9 aromatic carbocycles. The van der Waals surface area contributed by atoms with Gasteiger partial charge in [-0.3, -0.25) is 0 Å². The lowest BCUT2D eigenvalue weighted by Gasteiger charge is -2.25. The number of nitrogens with one attached hydrogen (secondary N) is 1. The number of nitrogens with zero attached hydrogens (tertiary/aromatic N) is 3. The van der Waals surface area contributed by atoms with Gasteiger partial charge in [0, 0.05) is 33.0 Å². The number of hydrogen-bond acceptors (Lipinski definition) is 3. The lowest BCUT2D eigenvalue weighted by atomic mass is 9.96. The molecule has 55 heavy (non-hydrogen) atoms. The third-order valence-corrected chi connectivity index (χ3v) is 11.0. The van der Waals surface area contributed by atoms with Gasteiger partial charge >= 0.3 is 0 Å². The van der Waals surface area contributed by atoms with Gasteiger partial charge in [-0.2, -0.15) is 0 Å². The third-order valence-electron chi connectivity index (χ3n) is 11.0. The molecule has 1 unspecified atom stereocenters. The number of aliphatic imine (C=N–C) groups is 2. The first-order valence-corrected chi connectivity index (χ1v) is 18.8. The minimum atomic E-state index is -0.292. The fraction of sp³-hybridized carbons (Fsp3) is 0.0196. The van der Waals surface area contributed by atoms with E-state index in [4.69, 9.17) is 9.98 Å². The van der Waals surface area contributed by atoms with Crippen LogP contribution in [0.4, 0.5) is 0 Å². The summed E-state index contributed by atoms with van der Waals surface area (Å²) in [7, 11) is 0. The minimum Gasteiger partial charge on any atom is -0.344 e. The van der Waals surface area contributed by atoms with Crippen LogP contribution in [0.25, 0.3) is 70.9 Å². The number of aromatic nitrogens is 1. The number of benzene rings is 9. The molecule has 0 aliphatic carbocycles. The van der Waals surface area contributed by atoms with Crippen LogP contribution < -0.4 is 5.32 Å². The number of fused-ring (bicyclic) bond motifs is 8. The topological polar surface area (TPSA) is 41.7 Å². The molecule has 1 aliphatic heterocycles. The maximum absolute atomic E-state index is 5.27. The molecule has 258 valence electrons. The second kappa shape index (κ2) is 12.7. The highest BCUT2D eigenvalue weighted by Crippen LogP contribution is 2.37. The van der Waals surface area contributed by atoms with Gasteiger partial charge < -0.3 is 9.88 Å². The molecule has 0 spiro atoms. The number of para-hydroxylation sites is 1. The summed E-state index contributed by atoms with van der Waals surface area (Å²) in [6, 6.07) is 69.3. The second-order valence-corrected chi connectivity index (χ2v) is 14.2. The Morgan fingerprint density at radius 1 is 0.436 bits per heavy atom. The Kier molecular flexibility index (Phi) is 7.20. The Hall–Kier alpha value is -7.30. The third kappa shape index (κ3) is 5.22. The summed E-state index contributed by atoms with van der Waals surface area (Å²) >= 11 is 0. The highest BCUT2D eigenvalue weighted by molar-refractivity contribution is 6.22. The molecule has 1 atom stereocenters. The summed E-state index contributed by atoms with van der Waals surface area (Å²) < 4.78 is 2.41. The van der Waals surface area contributed by atoms with Crippen LogP contribution in [0, 0.1) is 0 Å². The van der Waals surface area contributed by atoms with E-state index in [-0.39, 0.29) is 6.17 Å². The van der Waals surface area contributed by atoms with E-state index in [9.17, 15) is 0 Å². The van der Waals surface area contributed by atoms with Crippen molar-refractivity contribution in [3.8, 4) is 16.8 Å². The van der Waals surface area contributed by atoms with Crippen molar-refractivity contribution in [2.45, 2.75) is 6.17 Å². The highest BCUT2D eigenvalue weighted by Gasteiger charge is 2.23. The van der Waals surface area contributed by atoms with Crippen LogP contribution in [0.15, 0.2) is 204 Å². The number of hydrogen-bond donors (Lipinski definition) is 1. The van der Waals surface area contributed by atoms with Gasteiger partial charge in [-0.15, -0.1) is 0 Å². The molecule has 0 fully saturated rings. The molecule has 1 aromatic heterocycles. The molecule has 0 radical (unpaired) electrons. The first-order valence-electron chi connectivity index (χ1n) is 18.8. The van der Waals surface area contributed by atoms with Gasteiger partial charge in [0.25, 0.3) is 0 Å². The van der Waals surface area contributed by atoms with E-state index in [0.717, 1.165) is 44.7 Å². The maximum Gasteiger partial charge on any atom is 0.159 e. The number of amidine groups is 2. The van der Waals surface area contributed by atoms with Gasteiger partial charge in [0.15, 0.2) is 5.84 Å². The van der Waals surface area contributed by atoms with E-state index in [1.54, 1.807) is 0 Å². The zero-order valence-corrected chi connectivity index (χ0v) is 29.9. The fourth-order valence-corrected chi connectivity index (χ4v) is 8.41. The first-order chi connectivity index (χ1) is 27.3. The van der Waals surface area contributed by atoms with Gasteiger partial charge in [0.05, 0.1) is 11.0 Å². The molecule has 0 saturated carbocycles. The molecule has 0 amide bonds. The Morgan fingerprint density at radius 3 is 1.95 bits per heavy atom. The van der Waals surface area contributed by atoms with Crippen LogP contribution in [-0.2, 0) is 0 Å². The molecule has 0 bridgehead atoms. The van der Waals surface area contributed by atoms with Crippen molar-refractivity contribution in [2.24, 2.45) is 9.98 Å². The molecule has 4 heteroatoms. The molecule has 1 N–H and O–H groups in total. The van der Waals surface area contributed by atoms with Crippen LogP contribution in [0.3, 0.4) is 0 Å². The van der Waals surface area contributed by atoms with Gasteiger partial charge in [-0.05, 0) is 74.0 Å². The standard InChI is InChI=1S/C51H34N4/c1-2-14-35(15-3-1)49-52-50(54-51(53-49)46-32-37-16-5-6-19-40(37)42-21-8-9-22-43(42)46)38-18-12-17-36(31-38)33-25-28-39(29-26-33)55-47-24-11-10-23-44(47)45-30-27-34-13-4-7-20-41(34)48(45)55/h1-32,49H,(H,52,53,54). The molecule has 1 aliphatic rings. The summed E-state index contributed by atoms with van der Waals surface area (Å²) in [4.78, 5) is 10.5. The van der Waals surface area contributed by atoms with Crippen molar-refractivity contribution in [1.29, 1.82) is 0 Å². The lowest BCUT2D eigenvalue weighted by Crippen LogP contribution is -2.33. The number of rotatable bonds is 5. The van der Waals surface area contributed by atoms with Crippen LogP contribution in [-0.4, -0.2) is 16.2 Å². The van der Waals surface area contributed by atoms with Crippen molar-refractivity contribution in [1.82, 2.24) is 9.88 Å². The molecular formula is C51H34N4. The highest BCUT2D eigenvalue weighted by atomic mass is 15.2. The monoisotopic (exact) mass is 702 g/mol. The quantitative estimate of drug-likeness (QED) is 0.178. The Labute approximate surface area is 318 Å². The predicted octanol–water partition coefficient (Wildman–Crippen LogP) is 12.4. The maximum atomic E-state index is 5.27. The van der Waals surface area contributed by atoms with Crippen LogP contribution in [0.5, 0.6) is 0 Å². The summed E-state index contributed by atoms with van der Waals surface area (Å²) in [5.74, 6) is 1.52. The summed E-state index contributed by atoms with van der Waals surface area (Å²) in [6.45, 7) is 0. The predicted molar refractivity (Wildman–Crippen MR) is 231 cm³/mol. The van der Waals surface area contributed by atoms with Crippen molar-refractivity contribution < 1.29 is 0 Å². The molecule has 2 heterocycles. The van der Waals surface area contributed by atoms with E-state index in [1.165, 1.54) is 48.7 Å². The zero-order chi connectivity index (χ0) is 36.3. The first kappa shape index (κ1) is 31.2. The summed E-state index contributed by atoms with van der Waals surface area (Å²) in [5, 5.41) is 13.5. The van der Waals surface area contributed by atoms with E-state index >= 15 is 0 Å². The minimum absolute atomic E-state index is 0.292. The molecule has 4 nitrogen and oxygen atoms in total. The van der Waals surface area contributed by atoms with E-state index in [1.807, 2.05) is 6.07 Å². The van der Waals surface area contributed by atoms with Gasteiger partial charge in [0.1, 0.15) is 12.0 Å². The van der Waals surface area contributed by atoms with Crippen LogP contribution >= 0.6 is 0 Å². The smallest absolute Gasteiger partial charge is 0.159 e. The van der Waals surface area contributed by atoms with E-state index in [2.05, 4.69) is 198 Å². The van der Waals surface area contributed by atoms with Crippen LogP contribution in [0.1, 0.15) is 22.9 Å². The normalized spacial score (nSPS) is 14.4. The summed E-state index contributed by atoms with van der Waals surface area (Å²) in [6.07, 6.45) is -0.292. The zero-order valence-electron chi connectivity index (χ0n) is 29.9. The fourth-order valence-electron chi connectivity index (χ4n) is 8.41. The Balaban J connectivity index is 1.02. The van der Waals surface area contributed by atoms with Crippen LogP contribution in [0.2, 0.25) is 0 Å². The molecular weight excluding hydrogens is 669 g/mol. The van der Waals surface area contributed by atoms with Gasteiger partial charge in [-0.1, -0.05) is 164 Å². The molecule has 10 aromatic rings. The van der Waals surface area contributed by atoms with E-state index < -0.39 is 0 Å². The van der Waals surface area contributed by atoms with Crippen molar-refractivity contribution in [3.63, 3.8) is 0 Å². The van der Waals surface area contributed by atoms with E-state index in [0.29, 0.717) is 5.84 Å². The Morgan fingerprint density at radius 2 is 1.11 bits per heavy atom. The second-order valence-electron chi connectivity index (χ2n) is 14.2. The van der Waals surface area contributed by atoms with Crippen molar-refractivity contribution >= 4 is 65.8 Å². The van der Waals surface area contributed by atoms with Crippen molar-refractivity contribution in [2.75, 3.05) is 0 Å². The van der Waals surface area contributed by atoms with Gasteiger partial charge in [-0.25, -0.2) is 9.98 Å². The average molecular weight is 703 g/mol. The average Bonchev–Trinajstić information content (AvgIpc) is 3.61. The largest absolute Gasteiger partial charge is 0.344 e. The SMILES string of the molecule is c1ccc(C2N=C(c3cccc(-c4ccc(-n5c6ccccc6c6ccc7ccccc7c65)cc4)c3)N=C(c3cc4ccccc4c4ccccc34)N2)cc1.